The number of hydrogen-bond donors (Lipinski definition) is 1. The van der Waals surface area contributed by atoms with Gasteiger partial charge in [-0.15, -0.1) is 0 Å². The molecular formula is C24H31NO5. The van der Waals surface area contributed by atoms with Gasteiger partial charge in [-0.05, 0) is 55.0 Å². The monoisotopic (exact) mass is 413 g/mol. The highest BCUT2D eigenvalue weighted by Gasteiger charge is 2.07. The van der Waals surface area contributed by atoms with Gasteiger partial charge in [0.05, 0.1) is 19.3 Å². The number of unbranched alkanes of at least 4 members (excludes halogenated alkanes) is 5. The first-order valence-corrected chi connectivity index (χ1v) is 10.5. The lowest BCUT2D eigenvalue weighted by molar-refractivity contribution is -0.118. The highest BCUT2D eigenvalue weighted by molar-refractivity contribution is 5.93. The molecule has 1 N–H and O–H groups in total. The molecule has 0 saturated carbocycles. The first-order chi connectivity index (χ1) is 14.6. The van der Waals surface area contributed by atoms with Crippen molar-refractivity contribution in [1.29, 1.82) is 0 Å². The Balaban J connectivity index is 1.66. The smallest absolute Gasteiger partial charge is 0.337 e. The van der Waals surface area contributed by atoms with E-state index in [1.807, 2.05) is 12.1 Å². The molecule has 0 aliphatic rings. The topological polar surface area (TPSA) is 73.9 Å². The summed E-state index contributed by atoms with van der Waals surface area (Å²) in [5.41, 5.74) is 1.00. The number of carbonyl (C=O) groups excluding carboxylic acids is 2. The normalized spacial score (nSPS) is 10.3. The molecule has 0 bridgehead atoms. The van der Waals surface area contributed by atoms with E-state index < -0.39 is 5.97 Å². The summed E-state index contributed by atoms with van der Waals surface area (Å²) in [6.45, 7) is 2.81. The van der Waals surface area contributed by atoms with Crippen LogP contribution in [0.3, 0.4) is 0 Å². The second-order valence-corrected chi connectivity index (χ2v) is 6.99. The summed E-state index contributed by atoms with van der Waals surface area (Å²) in [4.78, 5) is 23.5. The number of carbonyl (C=O) groups is 2. The highest BCUT2D eigenvalue weighted by Crippen LogP contribution is 2.18. The molecule has 0 aromatic heterocycles. The standard InChI is InChI=1S/C24H31NO5/c1-3-4-5-6-7-8-17-29-21-13-15-22(16-14-21)30-18-23(26)25-20-11-9-19(10-12-20)24(27)28-2/h9-16H,3-8,17-18H2,1-2H3,(H,25,26). The number of rotatable bonds is 13. The Morgan fingerprint density at radius 2 is 1.40 bits per heavy atom. The molecule has 0 atom stereocenters. The van der Waals surface area contributed by atoms with Gasteiger partial charge in [0, 0.05) is 5.69 Å². The molecule has 30 heavy (non-hydrogen) atoms. The Morgan fingerprint density at radius 3 is 2.03 bits per heavy atom. The van der Waals surface area contributed by atoms with Gasteiger partial charge < -0.3 is 19.5 Å². The molecule has 0 saturated heterocycles. The lowest BCUT2D eigenvalue weighted by atomic mass is 10.1. The van der Waals surface area contributed by atoms with Gasteiger partial charge in [0.1, 0.15) is 11.5 Å². The summed E-state index contributed by atoms with van der Waals surface area (Å²) in [5, 5.41) is 2.72. The molecule has 1 amide bonds. The van der Waals surface area contributed by atoms with Crippen molar-refractivity contribution in [3.8, 4) is 11.5 Å². The third-order valence-electron chi connectivity index (χ3n) is 4.55. The largest absolute Gasteiger partial charge is 0.494 e. The number of esters is 1. The quantitative estimate of drug-likeness (QED) is 0.359. The van der Waals surface area contributed by atoms with E-state index >= 15 is 0 Å². The number of nitrogens with one attached hydrogen (secondary N) is 1. The Labute approximate surface area is 178 Å². The number of methoxy groups -OCH3 is 1. The van der Waals surface area contributed by atoms with Crippen LogP contribution in [-0.2, 0) is 9.53 Å². The summed E-state index contributed by atoms with van der Waals surface area (Å²) >= 11 is 0. The Kier molecular flexibility index (Phi) is 10.3. The number of amides is 1. The van der Waals surface area contributed by atoms with Crippen LogP contribution >= 0.6 is 0 Å². The van der Waals surface area contributed by atoms with E-state index in [1.165, 1.54) is 39.2 Å². The van der Waals surface area contributed by atoms with Crippen molar-refractivity contribution in [2.45, 2.75) is 45.4 Å². The molecule has 0 heterocycles. The van der Waals surface area contributed by atoms with Gasteiger partial charge in [0.2, 0.25) is 0 Å². The SMILES string of the molecule is CCCCCCCCOc1ccc(OCC(=O)Nc2ccc(C(=O)OC)cc2)cc1. The fraction of sp³-hybridized carbons (Fsp3) is 0.417. The molecule has 6 nitrogen and oxygen atoms in total. The summed E-state index contributed by atoms with van der Waals surface area (Å²) in [5.74, 6) is 0.684. The molecule has 0 fully saturated rings. The second kappa shape index (κ2) is 13.2. The van der Waals surface area contributed by atoms with Crippen LogP contribution < -0.4 is 14.8 Å². The molecule has 0 radical (unpaired) electrons. The zero-order valence-corrected chi connectivity index (χ0v) is 17.8. The predicted molar refractivity (Wildman–Crippen MR) is 117 cm³/mol. The van der Waals surface area contributed by atoms with Crippen molar-refractivity contribution in [2.75, 3.05) is 25.6 Å². The van der Waals surface area contributed by atoms with Gasteiger partial charge in [-0.1, -0.05) is 39.0 Å². The van der Waals surface area contributed by atoms with Crippen LogP contribution in [0.25, 0.3) is 0 Å². The molecular weight excluding hydrogens is 382 g/mol. The highest BCUT2D eigenvalue weighted by atomic mass is 16.5. The van der Waals surface area contributed by atoms with Crippen LogP contribution in [0.4, 0.5) is 5.69 Å². The molecule has 0 unspecified atom stereocenters. The maximum absolute atomic E-state index is 12.0. The Bertz CT molecular complexity index is 771. The zero-order chi connectivity index (χ0) is 21.6. The summed E-state index contributed by atoms with van der Waals surface area (Å²) < 4.78 is 15.9. The van der Waals surface area contributed by atoms with Gasteiger partial charge in [-0.2, -0.15) is 0 Å². The molecule has 0 aliphatic heterocycles. The Morgan fingerprint density at radius 1 is 0.800 bits per heavy atom. The fourth-order valence-corrected chi connectivity index (χ4v) is 2.86. The van der Waals surface area contributed by atoms with Gasteiger partial charge in [-0.25, -0.2) is 4.79 Å². The molecule has 2 aromatic rings. The number of anilines is 1. The minimum atomic E-state index is -0.421. The minimum absolute atomic E-state index is 0.114. The number of benzene rings is 2. The van der Waals surface area contributed by atoms with E-state index in [1.54, 1.807) is 36.4 Å². The van der Waals surface area contributed by atoms with Crippen LogP contribution in [0.15, 0.2) is 48.5 Å². The van der Waals surface area contributed by atoms with Crippen LogP contribution in [0.1, 0.15) is 55.8 Å². The first-order valence-electron chi connectivity index (χ1n) is 10.5. The zero-order valence-electron chi connectivity index (χ0n) is 17.8. The van der Waals surface area contributed by atoms with E-state index in [4.69, 9.17) is 9.47 Å². The molecule has 2 rings (SSSR count). The average molecular weight is 414 g/mol. The molecule has 0 spiro atoms. The molecule has 2 aromatic carbocycles. The van der Waals surface area contributed by atoms with Crippen LogP contribution in [0.5, 0.6) is 11.5 Å². The third-order valence-corrected chi connectivity index (χ3v) is 4.55. The predicted octanol–water partition coefficient (Wildman–Crippen LogP) is 5.23. The molecule has 6 heteroatoms. The summed E-state index contributed by atoms with van der Waals surface area (Å²) in [7, 11) is 1.32. The van der Waals surface area contributed by atoms with Gasteiger partial charge >= 0.3 is 5.97 Å². The van der Waals surface area contributed by atoms with Gasteiger partial charge in [-0.3, -0.25) is 4.79 Å². The average Bonchev–Trinajstić information content (AvgIpc) is 2.78. The lowest BCUT2D eigenvalue weighted by Gasteiger charge is -2.09. The van der Waals surface area contributed by atoms with Gasteiger partial charge in [0.25, 0.3) is 5.91 Å². The van der Waals surface area contributed by atoms with E-state index in [-0.39, 0.29) is 12.5 Å². The first kappa shape index (κ1) is 23.3. The van der Waals surface area contributed by atoms with Crippen LogP contribution in [0, 0.1) is 0 Å². The molecule has 162 valence electrons. The third kappa shape index (κ3) is 8.55. The van der Waals surface area contributed by atoms with Crippen molar-refractivity contribution in [3.05, 3.63) is 54.1 Å². The fourth-order valence-electron chi connectivity index (χ4n) is 2.86. The van der Waals surface area contributed by atoms with Crippen molar-refractivity contribution in [2.24, 2.45) is 0 Å². The maximum atomic E-state index is 12.0. The van der Waals surface area contributed by atoms with Gasteiger partial charge in [0.15, 0.2) is 6.61 Å². The van der Waals surface area contributed by atoms with Crippen molar-refractivity contribution < 1.29 is 23.8 Å². The van der Waals surface area contributed by atoms with E-state index in [0.717, 1.165) is 12.2 Å². The van der Waals surface area contributed by atoms with Crippen molar-refractivity contribution >= 4 is 17.6 Å². The van der Waals surface area contributed by atoms with Crippen molar-refractivity contribution in [1.82, 2.24) is 0 Å². The maximum Gasteiger partial charge on any atom is 0.337 e. The van der Waals surface area contributed by atoms with Crippen LogP contribution in [-0.4, -0.2) is 32.2 Å². The minimum Gasteiger partial charge on any atom is -0.494 e. The van der Waals surface area contributed by atoms with Crippen LogP contribution in [0.2, 0.25) is 0 Å². The number of ether oxygens (including phenoxy) is 3. The summed E-state index contributed by atoms with van der Waals surface area (Å²) in [6.07, 6.45) is 7.39. The van der Waals surface area contributed by atoms with E-state index in [0.29, 0.717) is 23.6 Å². The summed E-state index contributed by atoms with van der Waals surface area (Å²) in [6, 6.07) is 13.7. The van der Waals surface area contributed by atoms with E-state index in [9.17, 15) is 9.59 Å². The second-order valence-electron chi connectivity index (χ2n) is 6.99. The Hall–Kier alpha value is -3.02. The van der Waals surface area contributed by atoms with Crippen molar-refractivity contribution in [3.63, 3.8) is 0 Å². The number of hydrogen-bond acceptors (Lipinski definition) is 5. The lowest BCUT2D eigenvalue weighted by Crippen LogP contribution is -2.20. The molecule has 0 aliphatic carbocycles. The van der Waals surface area contributed by atoms with E-state index in [2.05, 4.69) is 17.0 Å².